The maximum absolute atomic E-state index is 2.29. The lowest BCUT2D eigenvalue weighted by Gasteiger charge is -2.10. The fraction of sp³-hybridized carbons (Fsp3) is 0.700. The van der Waals surface area contributed by atoms with Crippen LogP contribution in [0.2, 0.25) is 0 Å². The molecule has 20 heavy (non-hydrogen) atoms. The van der Waals surface area contributed by atoms with Crippen LogP contribution in [0.15, 0.2) is 35.5 Å². The van der Waals surface area contributed by atoms with E-state index < -0.39 is 0 Å². The first-order valence-electron chi connectivity index (χ1n) is 8.70. The molecule has 0 saturated heterocycles. The summed E-state index contributed by atoms with van der Waals surface area (Å²) in [5, 5.41) is 0. The molecular weight excluding hydrogens is 240 g/mol. The van der Waals surface area contributed by atoms with Crippen molar-refractivity contribution < 1.29 is 0 Å². The highest BCUT2D eigenvalue weighted by Crippen LogP contribution is 2.21. The van der Waals surface area contributed by atoms with Crippen LogP contribution >= 0.6 is 0 Å². The average molecular weight is 281 g/mol. The largest absolute Gasteiger partial charge is 0.0917 e. The lowest BCUT2D eigenvalue weighted by atomic mass is 9.96. The minimum atomic E-state index is 1.20. The molecule has 1 rings (SSSR count). The zero-order valence-corrected chi connectivity index (χ0v) is 15.6. The van der Waals surface area contributed by atoms with Gasteiger partial charge in [-0.1, -0.05) is 89.8 Å². The topological polar surface area (TPSA) is 0 Å². The van der Waals surface area contributed by atoms with Crippen LogP contribution in [-0.2, 0) is 0 Å². The summed E-state index contributed by atoms with van der Waals surface area (Å²) in [5.41, 5.74) is 3.13. The van der Waals surface area contributed by atoms with Crippen LogP contribution in [0.1, 0.15) is 93.9 Å². The number of rotatable bonds is 4. The molecule has 0 amide bonds. The molecule has 0 unspecified atom stereocenters. The Labute approximate surface area is 130 Å². The minimum absolute atomic E-state index is 1.20. The summed E-state index contributed by atoms with van der Waals surface area (Å²) in [7, 11) is 0. The third-order valence-electron chi connectivity index (χ3n) is 2.81. The molecule has 0 atom stereocenters. The molecule has 0 saturated carbocycles. The summed E-state index contributed by atoms with van der Waals surface area (Å²) in [6, 6.07) is 0. The van der Waals surface area contributed by atoms with E-state index in [1.807, 2.05) is 27.7 Å². The van der Waals surface area contributed by atoms with Gasteiger partial charge in [0.05, 0.1) is 0 Å². The van der Waals surface area contributed by atoms with Crippen molar-refractivity contribution in [3.05, 3.63) is 35.5 Å². The third-order valence-corrected chi connectivity index (χ3v) is 2.81. The van der Waals surface area contributed by atoms with Crippen molar-refractivity contribution in [3.8, 4) is 0 Å². The van der Waals surface area contributed by atoms with Gasteiger partial charge in [-0.2, -0.15) is 0 Å². The van der Waals surface area contributed by atoms with Gasteiger partial charge < -0.3 is 0 Å². The smallest absolute Gasteiger partial charge is 0.0280 e. The molecular formula is C20H40. The Kier molecular flexibility index (Phi) is 28.3. The molecule has 0 radical (unpaired) electrons. The number of allylic oxidation sites excluding steroid dienone is 6. The van der Waals surface area contributed by atoms with Gasteiger partial charge in [-0.3, -0.25) is 0 Å². The van der Waals surface area contributed by atoms with Gasteiger partial charge in [-0.05, 0) is 39.5 Å². The standard InChI is InChI=1S/C12H18.C4H10.2C2H6/c1-3-4-5-6-12-9-7-11(2)8-10-12;1-3-4-2;2*1-2/h3-4,7,9H,5-6,8,10H2,1-2H3;3-4H2,1-2H3;2*1-2H3/b4-3-;;;. The molecule has 0 aromatic carbocycles. The lowest BCUT2D eigenvalue weighted by molar-refractivity contribution is 0.827. The second-order valence-electron chi connectivity index (χ2n) is 4.45. The lowest BCUT2D eigenvalue weighted by Crippen LogP contribution is -1.90. The van der Waals surface area contributed by atoms with Crippen molar-refractivity contribution in [2.45, 2.75) is 93.9 Å². The maximum atomic E-state index is 2.29. The molecule has 120 valence electrons. The molecule has 0 aliphatic heterocycles. The second-order valence-corrected chi connectivity index (χ2v) is 4.45. The first-order chi connectivity index (χ1) is 9.74. The van der Waals surface area contributed by atoms with Crippen molar-refractivity contribution in [3.63, 3.8) is 0 Å². The van der Waals surface area contributed by atoms with Crippen molar-refractivity contribution in [2.75, 3.05) is 0 Å². The van der Waals surface area contributed by atoms with E-state index in [1.165, 1.54) is 44.1 Å². The van der Waals surface area contributed by atoms with Crippen molar-refractivity contribution in [1.82, 2.24) is 0 Å². The van der Waals surface area contributed by atoms with Crippen molar-refractivity contribution in [1.29, 1.82) is 0 Å². The SMILES string of the molecule is C/C=C\CCC1=CC=C(C)CC1.CC.CC.CCCC. The van der Waals surface area contributed by atoms with Crippen LogP contribution in [0, 0.1) is 0 Å². The molecule has 0 aromatic rings. The van der Waals surface area contributed by atoms with E-state index in [0.717, 1.165) is 0 Å². The van der Waals surface area contributed by atoms with Gasteiger partial charge in [-0.25, -0.2) is 0 Å². The quantitative estimate of drug-likeness (QED) is 0.459. The normalized spacial score (nSPS) is 12.8. The first-order valence-corrected chi connectivity index (χ1v) is 8.70. The summed E-state index contributed by atoms with van der Waals surface area (Å²) in [6.07, 6.45) is 16.6. The van der Waals surface area contributed by atoms with Gasteiger partial charge in [0, 0.05) is 0 Å². The van der Waals surface area contributed by atoms with Crippen LogP contribution in [0.3, 0.4) is 0 Å². The Morgan fingerprint density at radius 1 is 0.950 bits per heavy atom. The average Bonchev–Trinajstić information content (AvgIpc) is 2.54. The molecule has 0 N–H and O–H groups in total. The molecule has 0 heteroatoms. The third kappa shape index (κ3) is 19.6. The zero-order chi connectivity index (χ0) is 16.2. The zero-order valence-electron chi connectivity index (χ0n) is 15.6. The van der Waals surface area contributed by atoms with E-state index in [1.54, 1.807) is 5.57 Å². The molecule has 0 aromatic heterocycles. The van der Waals surface area contributed by atoms with Crippen molar-refractivity contribution >= 4 is 0 Å². The van der Waals surface area contributed by atoms with Crippen molar-refractivity contribution in [2.24, 2.45) is 0 Å². The van der Waals surface area contributed by atoms with Crippen LogP contribution in [0.5, 0.6) is 0 Å². The van der Waals surface area contributed by atoms with E-state index in [9.17, 15) is 0 Å². The van der Waals surface area contributed by atoms with Crippen LogP contribution in [0.4, 0.5) is 0 Å². The van der Waals surface area contributed by atoms with Gasteiger partial charge in [0.2, 0.25) is 0 Å². The molecule has 0 spiro atoms. The summed E-state index contributed by atoms with van der Waals surface area (Å²) < 4.78 is 0. The Hall–Kier alpha value is -0.780. The predicted molar refractivity (Wildman–Crippen MR) is 98.4 cm³/mol. The highest BCUT2D eigenvalue weighted by atomic mass is 14.1. The van der Waals surface area contributed by atoms with Gasteiger partial charge in [0.1, 0.15) is 0 Å². The van der Waals surface area contributed by atoms with E-state index in [4.69, 9.17) is 0 Å². The van der Waals surface area contributed by atoms with Crippen LogP contribution in [0.25, 0.3) is 0 Å². The highest BCUT2D eigenvalue weighted by Gasteiger charge is 2.01. The molecule has 0 bridgehead atoms. The van der Waals surface area contributed by atoms with E-state index >= 15 is 0 Å². The monoisotopic (exact) mass is 280 g/mol. The van der Waals surface area contributed by atoms with E-state index in [0.29, 0.717) is 0 Å². The van der Waals surface area contributed by atoms with Gasteiger partial charge in [-0.15, -0.1) is 0 Å². The Bertz CT molecular complexity index is 239. The molecule has 1 aliphatic carbocycles. The molecule has 0 heterocycles. The maximum Gasteiger partial charge on any atom is -0.0280 e. The second kappa shape index (κ2) is 23.3. The summed E-state index contributed by atoms with van der Waals surface area (Å²) >= 11 is 0. The van der Waals surface area contributed by atoms with E-state index in [2.05, 4.69) is 52.0 Å². The first kappa shape index (κ1) is 24.3. The van der Waals surface area contributed by atoms with Crippen LogP contribution < -0.4 is 0 Å². The summed E-state index contributed by atoms with van der Waals surface area (Å²) in [4.78, 5) is 0. The van der Waals surface area contributed by atoms with Crippen LogP contribution in [-0.4, -0.2) is 0 Å². The fourth-order valence-electron chi connectivity index (χ4n) is 1.43. The molecule has 0 fully saturated rings. The fourth-order valence-corrected chi connectivity index (χ4v) is 1.43. The summed E-state index contributed by atoms with van der Waals surface area (Å²) in [5.74, 6) is 0. The van der Waals surface area contributed by atoms with Gasteiger partial charge >= 0.3 is 0 Å². The Morgan fingerprint density at radius 3 is 1.85 bits per heavy atom. The number of unbranched alkanes of at least 4 members (excludes halogenated alkanes) is 1. The predicted octanol–water partition coefficient (Wildman–Crippen LogP) is 7.87. The number of hydrogen-bond acceptors (Lipinski definition) is 0. The summed E-state index contributed by atoms with van der Waals surface area (Å²) in [6.45, 7) is 16.7. The van der Waals surface area contributed by atoms with Gasteiger partial charge in [0.15, 0.2) is 0 Å². The Balaban J connectivity index is -0.000000306. The highest BCUT2D eigenvalue weighted by molar-refractivity contribution is 5.22. The number of hydrogen-bond donors (Lipinski definition) is 0. The van der Waals surface area contributed by atoms with Gasteiger partial charge in [0.25, 0.3) is 0 Å². The molecule has 1 aliphatic rings. The minimum Gasteiger partial charge on any atom is -0.0917 e. The Morgan fingerprint density at radius 2 is 1.50 bits per heavy atom. The molecule has 0 nitrogen and oxygen atoms in total. The van der Waals surface area contributed by atoms with E-state index in [-0.39, 0.29) is 0 Å².